The minimum atomic E-state index is 0.373. The molecule has 0 aromatic carbocycles. The molecule has 0 bridgehead atoms. The first-order valence-corrected chi connectivity index (χ1v) is 6.67. The molecule has 5 heteroatoms. The lowest BCUT2D eigenvalue weighted by Gasteiger charge is -2.04. The Kier molecular flexibility index (Phi) is 4.28. The summed E-state index contributed by atoms with van der Waals surface area (Å²) in [5, 5.41) is 9.22. The molecular weight excluding hydrogens is 234 g/mol. The number of nitrogens with zero attached hydrogens (tertiary/aromatic N) is 2. The van der Waals surface area contributed by atoms with Crippen molar-refractivity contribution in [1.29, 1.82) is 0 Å². The average molecular weight is 251 g/mol. The van der Waals surface area contributed by atoms with Crippen molar-refractivity contribution in [3.8, 4) is 0 Å². The lowest BCUT2D eigenvalue weighted by molar-refractivity contribution is 0.371. The molecule has 0 amide bonds. The highest BCUT2D eigenvalue weighted by Crippen LogP contribution is 2.12. The zero-order valence-electron chi connectivity index (χ0n) is 10.1. The van der Waals surface area contributed by atoms with Gasteiger partial charge in [0.2, 0.25) is 5.89 Å². The Morgan fingerprint density at radius 1 is 1.47 bits per heavy atom. The molecule has 2 heterocycles. The third-order valence-electron chi connectivity index (χ3n) is 2.66. The largest absolute Gasteiger partial charge is 0.339 e. The van der Waals surface area contributed by atoms with Crippen LogP contribution in [0.4, 0.5) is 0 Å². The van der Waals surface area contributed by atoms with Crippen LogP contribution in [0.25, 0.3) is 0 Å². The zero-order valence-corrected chi connectivity index (χ0v) is 11.0. The predicted molar refractivity (Wildman–Crippen MR) is 68.3 cm³/mol. The van der Waals surface area contributed by atoms with Crippen LogP contribution in [0.5, 0.6) is 0 Å². The molecule has 0 aliphatic carbocycles. The van der Waals surface area contributed by atoms with Crippen molar-refractivity contribution in [2.24, 2.45) is 0 Å². The van der Waals surface area contributed by atoms with Gasteiger partial charge in [-0.15, -0.1) is 11.3 Å². The quantitative estimate of drug-likeness (QED) is 0.854. The second-order valence-electron chi connectivity index (χ2n) is 4.08. The van der Waals surface area contributed by atoms with Crippen LogP contribution in [0.15, 0.2) is 22.0 Å². The van der Waals surface area contributed by atoms with Crippen LogP contribution in [0.1, 0.15) is 23.5 Å². The van der Waals surface area contributed by atoms with Crippen molar-refractivity contribution in [3.05, 3.63) is 34.1 Å². The second-order valence-corrected chi connectivity index (χ2v) is 5.11. The number of likely N-dealkylation sites (N-methyl/N-ethyl adjacent to an activating group) is 1. The third-order valence-corrected chi connectivity index (χ3v) is 3.59. The maximum absolute atomic E-state index is 5.22. The molecule has 0 aliphatic rings. The fourth-order valence-corrected chi connectivity index (χ4v) is 2.24. The Bertz CT molecular complexity index is 438. The molecular formula is C12H17N3OS. The summed E-state index contributed by atoms with van der Waals surface area (Å²) >= 11 is 1.76. The van der Waals surface area contributed by atoms with E-state index in [9.17, 15) is 0 Å². The van der Waals surface area contributed by atoms with Gasteiger partial charge in [-0.3, -0.25) is 0 Å². The van der Waals surface area contributed by atoms with Crippen molar-refractivity contribution in [3.63, 3.8) is 0 Å². The number of aryl methyl sites for hydroxylation is 2. The normalized spacial score (nSPS) is 12.8. The van der Waals surface area contributed by atoms with Crippen LogP contribution in [-0.4, -0.2) is 23.2 Å². The van der Waals surface area contributed by atoms with Gasteiger partial charge in [0.15, 0.2) is 5.82 Å². The van der Waals surface area contributed by atoms with E-state index in [-0.39, 0.29) is 0 Å². The van der Waals surface area contributed by atoms with Crippen LogP contribution >= 0.6 is 11.3 Å². The summed E-state index contributed by atoms with van der Waals surface area (Å²) in [5.41, 5.74) is 0. The van der Waals surface area contributed by atoms with Crippen molar-refractivity contribution >= 4 is 11.3 Å². The van der Waals surface area contributed by atoms with Gasteiger partial charge in [0, 0.05) is 23.8 Å². The average Bonchev–Trinajstić information content (AvgIpc) is 2.97. The Labute approximate surface area is 105 Å². The molecule has 1 N–H and O–H groups in total. The monoisotopic (exact) mass is 251 g/mol. The Hall–Kier alpha value is -1.20. The Balaban J connectivity index is 1.85. The van der Waals surface area contributed by atoms with Crippen molar-refractivity contribution in [1.82, 2.24) is 15.5 Å². The lowest BCUT2D eigenvalue weighted by Crippen LogP contribution is -2.24. The topological polar surface area (TPSA) is 51.0 Å². The standard InChI is InChI=1S/C12H17N3OS/c1-9(13-2)8-11-14-12(16-15-11)6-5-10-4-3-7-17-10/h3-4,7,9,13H,5-6,8H2,1-2H3. The van der Waals surface area contributed by atoms with Crippen LogP contribution in [0.2, 0.25) is 0 Å². The maximum atomic E-state index is 5.22. The summed E-state index contributed by atoms with van der Waals surface area (Å²) in [6.45, 7) is 2.10. The maximum Gasteiger partial charge on any atom is 0.227 e. The number of aromatic nitrogens is 2. The molecule has 1 unspecified atom stereocenters. The molecule has 17 heavy (non-hydrogen) atoms. The van der Waals surface area contributed by atoms with Gasteiger partial charge in [0.1, 0.15) is 0 Å². The van der Waals surface area contributed by atoms with Gasteiger partial charge in [0.05, 0.1) is 0 Å². The molecule has 4 nitrogen and oxygen atoms in total. The molecule has 0 saturated carbocycles. The molecule has 2 rings (SSSR count). The van der Waals surface area contributed by atoms with E-state index in [1.165, 1.54) is 4.88 Å². The molecule has 0 aliphatic heterocycles. The van der Waals surface area contributed by atoms with E-state index in [2.05, 4.69) is 39.9 Å². The van der Waals surface area contributed by atoms with E-state index >= 15 is 0 Å². The van der Waals surface area contributed by atoms with Gasteiger partial charge >= 0.3 is 0 Å². The molecule has 2 aromatic rings. The second kappa shape index (κ2) is 5.93. The van der Waals surface area contributed by atoms with Crippen LogP contribution in [0.3, 0.4) is 0 Å². The molecule has 0 spiro atoms. The van der Waals surface area contributed by atoms with Gasteiger partial charge < -0.3 is 9.84 Å². The highest BCUT2D eigenvalue weighted by atomic mass is 32.1. The van der Waals surface area contributed by atoms with E-state index in [0.717, 1.165) is 31.0 Å². The summed E-state index contributed by atoms with van der Waals surface area (Å²) in [5.74, 6) is 1.52. The van der Waals surface area contributed by atoms with Crippen LogP contribution < -0.4 is 5.32 Å². The van der Waals surface area contributed by atoms with E-state index in [0.29, 0.717) is 6.04 Å². The highest BCUT2D eigenvalue weighted by molar-refractivity contribution is 7.09. The van der Waals surface area contributed by atoms with Crippen molar-refractivity contribution in [2.45, 2.75) is 32.2 Å². The summed E-state index contributed by atoms with van der Waals surface area (Å²) in [4.78, 5) is 5.74. The van der Waals surface area contributed by atoms with E-state index in [1.54, 1.807) is 11.3 Å². The Morgan fingerprint density at radius 2 is 2.35 bits per heavy atom. The van der Waals surface area contributed by atoms with Crippen LogP contribution in [-0.2, 0) is 19.3 Å². The smallest absolute Gasteiger partial charge is 0.227 e. The molecule has 1 atom stereocenters. The molecule has 0 radical (unpaired) electrons. The van der Waals surface area contributed by atoms with Gasteiger partial charge in [-0.1, -0.05) is 11.2 Å². The lowest BCUT2D eigenvalue weighted by atomic mass is 10.2. The molecule has 2 aromatic heterocycles. The van der Waals surface area contributed by atoms with E-state index in [4.69, 9.17) is 4.52 Å². The van der Waals surface area contributed by atoms with Gasteiger partial charge in [-0.25, -0.2) is 0 Å². The van der Waals surface area contributed by atoms with Crippen LogP contribution in [0, 0.1) is 0 Å². The first kappa shape index (κ1) is 12.3. The summed E-state index contributed by atoms with van der Waals surface area (Å²) in [7, 11) is 1.93. The first-order chi connectivity index (χ1) is 8.28. The van der Waals surface area contributed by atoms with Gasteiger partial charge in [0.25, 0.3) is 0 Å². The van der Waals surface area contributed by atoms with E-state index in [1.807, 2.05) is 7.05 Å². The molecule has 0 saturated heterocycles. The summed E-state index contributed by atoms with van der Waals surface area (Å²) in [6.07, 6.45) is 2.60. The van der Waals surface area contributed by atoms with Crippen molar-refractivity contribution < 1.29 is 4.52 Å². The number of nitrogens with one attached hydrogen (secondary N) is 1. The summed E-state index contributed by atoms with van der Waals surface area (Å²) in [6, 6.07) is 4.57. The molecule has 0 fully saturated rings. The SMILES string of the molecule is CNC(C)Cc1noc(CCc2cccs2)n1. The minimum absolute atomic E-state index is 0.373. The summed E-state index contributed by atoms with van der Waals surface area (Å²) < 4.78 is 5.22. The fourth-order valence-electron chi connectivity index (χ4n) is 1.54. The number of hydrogen-bond donors (Lipinski definition) is 1. The Morgan fingerprint density at radius 3 is 3.06 bits per heavy atom. The number of rotatable bonds is 6. The number of thiophene rings is 1. The van der Waals surface area contributed by atoms with Gasteiger partial charge in [-0.2, -0.15) is 4.98 Å². The number of hydrogen-bond acceptors (Lipinski definition) is 5. The van der Waals surface area contributed by atoms with E-state index < -0.39 is 0 Å². The predicted octanol–water partition coefficient (Wildman–Crippen LogP) is 2.07. The zero-order chi connectivity index (χ0) is 12.1. The van der Waals surface area contributed by atoms with Gasteiger partial charge in [-0.05, 0) is 31.8 Å². The third kappa shape index (κ3) is 3.64. The first-order valence-electron chi connectivity index (χ1n) is 5.79. The van der Waals surface area contributed by atoms with Crippen molar-refractivity contribution in [2.75, 3.05) is 7.05 Å². The molecule has 92 valence electrons. The highest BCUT2D eigenvalue weighted by Gasteiger charge is 2.09. The minimum Gasteiger partial charge on any atom is -0.339 e. The fraction of sp³-hybridized carbons (Fsp3) is 0.500.